The minimum Gasteiger partial charge on any atom is -0.252 e. The number of benzene rings is 7. The first-order chi connectivity index (χ1) is 26.7. The second kappa shape index (κ2) is 16.1. The highest BCUT2D eigenvalue weighted by molar-refractivity contribution is 6.13. The van der Waals surface area contributed by atoms with Crippen LogP contribution in [0.3, 0.4) is 0 Å². The molecule has 0 spiro atoms. The highest BCUT2D eigenvalue weighted by atomic mass is 14.9. The molecule has 0 N–H and O–H groups in total. The molecule has 0 bridgehead atoms. The van der Waals surface area contributed by atoms with E-state index in [2.05, 4.69) is 178 Å². The number of fused-ring (bicyclic) bond motifs is 1. The lowest BCUT2D eigenvalue weighted by Gasteiger charge is -2.30. The van der Waals surface area contributed by atoms with Crippen molar-refractivity contribution in [1.82, 2.24) is 0 Å². The van der Waals surface area contributed by atoms with Gasteiger partial charge in [0.25, 0.3) is 0 Å². The van der Waals surface area contributed by atoms with Crippen molar-refractivity contribution < 1.29 is 0 Å². The largest absolute Gasteiger partial charge is 0.252 e. The quantitative estimate of drug-likeness (QED) is 0.106. The maximum absolute atomic E-state index is 5.39. The zero-order valence-electron chi connectivity index (χ0n) is 30.8. The molecule has 0 radical (unpaired) electrons. The van der Waals surface area contributed by atoms with E-state index in [0.29, 0.717) is 11.8 Å². The number of rotatable bonds is 9. The first-order valence-corrected chi connectivity index (χ1v) is 19.0. The van der Waals surface area contributed by atoms with E-state index in [1.807, 2.05) is 24.3 Å². The SMILES string of the molecule is CCC(=NC(=Nc1ccc(-c2ccc3ccc(C4=CC(c5ccccc5)C(CC)C(c5ccccc5)=N4)cc3c2)cc1)c1ccccc1)c1ccccc1. The molecule has 1 heterocycles. The van der Waals surface area contributed by atoms with Crippen molar-refractivity contribution in [2.45, 2.75) is 32.6 Å². The van der Waals surface area contributed by atoms with E-state index >= 15 is 0 Å². The Morgan fingerprint density at radius 3 is 1.76 bits per heavy atom. The van der Waals surface area contributed by atoms with Gasteiger partial charge in [-0.25, -0.2) is 9.98 Å². The van der Waals surface area contributed by atoms with Crippen LogP contribution < -0.4 is 0 Å². The smallest absolute Gasteiger partial charge is 0.160 e. The Labute approximate surface area is 318 Å². The molecule has 0 saturated carbocycles. The molecule has 1 aliphatic heterocycles. The number of amidine groups is 1. The molecule has 3 nitrogen and oxygen atoms in total. The van der Waals surface area contributed by atoms with Crippen LogP contribution in [0, 0.1) is 5.92 Å². The van der Waals surface area contributed by atoms with Gasteiger partial charge in [-0.1, -0.05) is 172 Å². The van der Waals surface area contributed by atoms with Gasteiger partial charge in [-0.15, -0.1) is 0 Å². The summed E-state index contributed by atoms with van der Waals surface area (Å²) in [6, 6.07) is 64.1. The molecule has 0 aliphatic carbocycles. The Morgan fingerprint density at radius 1 is 0.537 bits per heavy atom. The first kappa shape index (κ1) is 34.6. The number of hydrogen-bond donors (Lipinski definition) is 0. The molecule has 262 valence electrons. The molecule has 2 atom stereocenters. The summed E-state index contributed by atoms with van der Waals surface area (Å²) in [6.07, 6.45) is 4.21. The average molecular weight is 698 g/mol. The van der Waals surface area contributed by atoms with Crippen molar-refractivity contribution >= 4 is 39.4 Å². The topological polar surface area (TPSA) is 37.1 Å². The van der Waals surface area contributed by atoms with Crippen molar-refractivity contribution in [2.75, 3.05) is 0 Å². The lowest BCUT2D eigenvalue weighted by atomic mass is 9.76. The fourth-order valence-electron chi connectivity index (χ4n) is 7.49. The van der Waals surface area contributed by atoms with Crippen molar-refractivity contribution in [3.05, 3.63) is 216 Å². The van der Waals surface area contributed by atoms with Crippen molar-refractivity contribution in [2.24, 2.45) is 20.9 Å². The molecule has 0 saturated heterocycles. The Hall–Kier alpha value is -6.45. The Morgan fingerprint density at radius 2 is 1.11 bits per heavy atom. The molecule has 7 aromatic carbocycles. The van der Waals surface area contributed by atoms with Crippen LogP contribution in [-0.4, -0.2) is 17.3 Å². The van der Waals surface area contributed by atoms with E-state index in [-0.39, 0.29) is 5.92 Å². The van der Waals surface area contributed by atoms with E-state index in [1.54, 1.807) is 0 Å². The van der Waals surface area contributed by atoms with Gasteiger partial charge in [-0.2, -0.15) is 0 Å². The van der Waals surface area contributed by atoms with Crippen molar-refractivity contribution in [1.29, 1.82) is 0 Å². The Kier molecular flexibility index (Phi) is 10.3. The summed E-state index contributed by atoms with van der Waals surface area (Å²) in [4.78, 5) is 15.6. The second-order valence-corrected chi connectivity index (χ2v) is 13.8. The van der Waals surface area contributed by atoms with Crippen LogP contribution in [0.25, 0.3) is 27.6 Å². The minimum absolute atomic E-state index is 0.238. The normalized spacial score (nSPS) is 16.2. The van der Waals surface area contributed by atoms with E-state index in [9.17, 15) is 0 Å². The van der Waals surface area contributed by atoms with E-state index in [1.165, 1.54) is 21.9 Å². The molecule has 54 heavy (non-hydrogen) atoms. The summed E-state index contributed by atoms with van der Waals surface area (Å²) >= 11 is 0. The van der Waals surface area contributed by atoms with Gasteiger partial charge in [0.2, 0.25) is 0 Å². The zero-order chi connectivity index (χ0) is 36.7. The fourth-order valence-corrected chi connectivity index (χ4v) is 7.49. The molecule has 7 aromatic rings. The highest BCUT2D eigenvalue weighted by Gasteiger charge is 2.30. The van der Waals surface area contributed by atoms with Crippen LogP contribution in [-0.2, 0) is 0 Å². The second-order valence-electron chi connectivity index (χ2n) is 13.8. The monoisotopic (exact) mass is 697 g/mol. The van der Waals surface area contributed by atoms with Crippen LogP contribution in [0.5, 0.6) is 0 Å². The third-order valence-corrected chi connectivity index (χ3v) is 10.3. The van der Waals surface area contributed by atoms with E-state index in [4.69, 9.17) is 15.0 Å². The molecule has 1 aliphatic rings. The lowest BCUT2D eigenvalue weighted by Crippen LogP contribution is -2.25. The molecular weight excluding hydrogens is 655 g/mol. The summed E-state index contributed by atoms with van der Waals surface area (Å²) in [5.41, 5.74) is 12.1. The summed E-state index contributed by atoms with van der Waals surface area (Å²) in [5.74, 6) is 1.24. The Balaban J connectivity index is 1.13. The number of nitrogens with zero attached hydrogens (tertiary/aromatic N) is 3. The Bertz CT molecular complexity index is 2480. The molecule has 0 aromatic heterocycles. The van der Waals surface area contributed by atoms with Gasteiger partial charge in [0.1, 0.15) is 0 Å². The summed E-state index contributed by atoms with van der Waals surface area (Å²) in [6.45, 7) is 4.42. The summed E-state index contributed by atoms with van der Waals surface area (Å²) in [7, 11) is 0. The van der Waals surface area contributed by atoms with Gasteiger partial charge >= 0.3 is 0 Å². The van der Waals surface area contributed by atoms with Gasteiger partial charge in [0.05, 0.1) is 17.1 Å². The van der Waals surface area contributed by atoms with E-state index in [0.717, 1.165) is 63.5 Å². The predicted octanol–water partition coefficient (Wildman–Crippen LogP) is 13.1. The third kappa shape index (κ3) is 7.53. The molecule has 3 heteroatoms. The number of aliphatic imine (C=N–C) groups is 3. The van der Waals surface area contributed by atoms with Gasteiger partial charge in [-0.3, -0.25) is 4.99 Å². The summed E-state index contributed by atoms with van der Waals surface area (Å²) in [5, 5.41) is 2.39. The fraction of sp³-hybridized carbons (Fsp3) is 0.118. The third-order valence-electron chi connectivity index (χ3n) is 10.3. The van der Waals surface area contributed by atoms with Crippen LogP contribution in [0.2, 0.25) is 0 Å². The zero-order valence-corrected chi connectivity index (χ0v) is 30.8. The van der Waals surface area contributed by atoms with Crippen LogP contribution in [0.15, 0.2) is 203 Å². The van der Waals surface area contributed by atoms with Crippen LogP contribution in [0.1, 0.15) is 60.4 Å². The predicted molar refractivity (Wildman–Crippen MR) is 229 cm³/mol. The van der Waals surface area contributed by atoms with Gasteiger partial charge in [-0.05, 0) is 81.8 Å². The lowest BCUT2D eigenvalue weighted by molar-refractivity contribution is 0.593. The molecule has 2 unspecified atom stereocenters. The highest BCUT2D eigenvalue weighted by Crippen LogP contribution is 2.40. The average Bonchev–Trinajstić information content (AvgIpc) is 3.25. The van der Waals surface area contributed by atoms with Gasteiger partial charge in [0, 0.05) is 28.7 Å². The van der Waals surface area contributed by atoms with E-state index < -0.39 is 0 Å². The standard InChI is InChI=1S/C51H43N3/c1-3-46-47(38-17-9-5-10-18-38)35-49(53-50(46)40-21-13-7-14-22-40)43-28-26-37-25-27-42(33-44(37)34-43)36-29-31-45(32-30-36)52-51(41-23-15-8-16-24-41)54-48(4-2)39-19-11-6-12-20-39/h5-35,46-47H,3-4H2,1-2H3. The number of hydrogen-bond acceptors (Lipinski definition) is 2. The molecular formula is C51H43N3. The van der Waals surface area contributed by atoms with Crippen molar-refractivity contribution in [3.63, 3.8) is 0 Å². The van der Waals surface area contributed by atoms with Crippen LogP contribution >= 0.6 is 0 Å². The number of allylic oxidation sites excluding steroid dienone is 1. The van der Waals surface area contributed by atoms with Gasteiger partial charge in [0.15, 0.2) is 5.84 Å². The van der Waals surface area contributed by atoms with Crippen molar-refractivity contribution in [3.8, 4) is 11.1 Å². The van der Waals surface area contributed by atoms with Crippen LogP contribution in [0.4, 0.5) is 5.69 Å². The summed E-state index contributed by atoms with van der Waals surface area (Å²) < 4.78 is 0. The van der Waals surface area contributed by atoms with Gasteiger partial charge < -0.3 is 0 Å². The maximum Gasteiger partial charge on any atom is 0.160 e. The molecule has 8 rings (SSSR count). The first-order valence-electron chi connectivity index (χ1n) is 19.0. The maximum atomic E-state index is 5.39. The minimum atomic E-state index is 0.238. The molecule has 0 amide bonds. The molecule has 0 fully saturated rings.